The average molecular weight is 315 g/mol. The van der Waals surface area contributed by atoms with Crippen LogP contribution in [-0.2, 0) is 16.6 Å². The molecule has 1 aromatic rings. The van der Waals surface area contributed by atoms with Crippen molar-refractivity contribution in [1.29, 1.82) is 0 Å². The number of benzene rings is 1. The van der Waals surface area contributed by atoms with Gasteiger partial charge in [-0.2, -0.15) is 0 Å². The molecule has 1 saturated carbocycles. The van der Waals surface area contributed by atoms with Gasteiger partial charge in [0.2, 0.25) is 10.0 Å². The molecule has 0 spiro atoms. The van der Waals surface area contributed by atoms with Crippen LogP contribution in [0.3, 0.4) is 0 Å². The average Bonchev–Trinajstić information content (AvgIpc) is 2.97. The molecule has 21 heavy (non-hydrogen) atoms. The van der Waals surface area contributed by atoms with E-state index in [1.165, 1.54) is 31.7 Å². The minimum absolute atomic E-state index is 0.175. The van der Waals surface area contributed by atoms with Crippen LogP contribution >= 0.6 is 0 Å². The van der Waals surface area contributed by atoms with E-state index in [1.54, 1.807) is 0 Å². The molecule has 1 aromatic carbocycles. The summed E-state index contributed by atoms with van der Waals surface area (Å²) in [5, 5.41) is 9.17. The Balaban J connectivity index is 1.93. The van der Waals surface area contributed by atoms with Crippen molar-refractivity contribution in [3.63, 3.8) is 0 Å². The topological polar surface area (TPSA) is 66.4 Å². The second kappa shape index (κ2) is 7.33. The number of rotatable bonds is 7. The number of halogens is 1. The normalized spacial score (nSPS) is 16.5. The number of hydrogen-bond donors (Lipinski definition) is 2. The van der Waals surface area contributed by atoms with E-state index in [4.69, 9.17) is 0 Å². The first-order valence-corrected chi connectivity index (χ1v) is 8.90. The van der Waals surface area contributed by atoms with E-state index in [-0.39, 0.29) is 10.5 Å². The number of aliphatic hydroxyl groups excluding tert-OH is 1. The fraction of sp³-hybridized carbons (Fsp3) is 0.600. The van der Waals surface area contributed by atoms with Crippen molar-refractivity contribution < 1.29 is 17.9 Å². The van der Waals surface area contributed by atoms with Crippen LogP contribution in [0.2, 0.25) is 0 Å². The van der Waals surface area contributed by atoms with E-state index < -0.39 is 22.4 Å². The zero-order valence-corrected chi connectivity index (χ0v) is 12.8. The van der Waals surface area contributed by atoms with Crippen LogP contribution in [0, 0.1) is 11.7 Å². The molecule has 1 fully saturated rings. The van der Waals surface area contributed by atoms with Crippen molar-refractivity contribution in [3.05, 3.63) is 29.6 Å². The molecule has 1 aliphatic rings. The van der Waals surface area contributed by atoms with Crippen LogP contribution in [0.5, 0.6) is 0 Å². The van der Waals surface area contributed by atoms with Crippen LogP contribution < -0.4 is 4.72 Å². The van der Waals surface area contributed by atoms with Gasteiger partial charge in [-0.3, -0.25) is 0 Å². The highest BCUT2D eigenvalue weighted by Gasteiger charge is 2.19. The summed E-state index contributed by atoms with van der Waals surface area (Å²) in [4.78, 5) is -0.175. The zero-order valence-electron chi connectivity index (χ0n) is 12.0. The predicted octanol–water partition coefficient (Wildman–Crippen LogP) is 2.57. The van der Waals surface area contributed by atoms with E-state index in [0.717, 1.165) is 30.9 Å². The maximum atomic E-state index is 13.2. The Morgan fingerprint density at radius 2 is 2.00 bits per heavy atom. The first-order chi connectivity index (χ1) is 10.0. The van der Waals surface area contributed by atoms with Crippen LogP contribution in [0.4, 0.5) is 4.39 Å². The van der Waals surface area contributed by atoms with Crippen molar-refractivity contribution >= 4 is 10.0 Å². The van der Waals surface area contributed by atoms with Gasteiger partial charge in [-0.05, 0) is 36.5 Å². The van der Waals surface area contributed by atoms with Gasteiger partial charge in [0.15, 0.2) is 0 Å². The highest BCUT2D eigenvalue weighted by molar-refractivity contribution is 7.89. The molecule has 1 aliphatic carbocycles. The summed E-state index contributed by atoms with van der Waals surface area (Å²) < 4.78 is 40.1. The first-order valence-electron chi connectivity index (χ1n) is 7.42. The van der Waals surface area contributed by atoms with Gasteiger partial charge < -0.3 is 5.11 Å². The molecular weight excluding hydrogens is 293 g/mol. The van der Waals surface area contributed by atoms with Gasteiger partial charge in [-0.25, -0.2) is 17.5 Å². The van der Waals surface area contributed by atoms with E-state index in [1.807, 2.05) is 0 Å². The Hall–Kier alpha value is -0.980. The highest BCUT2D eigenvalue weighted by atomic mass is 32.2. The van der Waals surface area contributed by atoms with Gasteiger partial charge in [0, 0.05) is 6.54 Å². The Kier molecular flexibility index (Phi) is 5.72. The Morgan fingerprint density at radius 1 is 1.29 bits per heavy atom. The van der Waals surface area contributed by atoms with Crippen molar-refractivity contribution in [3.8, 4) is 0 Å². The molecule has 0 aliphatic heterocycles. The third-order valence-corrected chi connectivity index (χ3v) is 5.59. The SMILES string of the molecule is O=S(=O)(NCCCC1CCCC1)c1cc(F)ccc1CO. The second-order valence-corrected chi connectivity index (χ2v) is 7.34. The largest absolute Gasteiger partial charge is 0.392 e. The van der Waals surface area contributed by atoms with Gasteiger partial charge in [0.25, 0.3) is 0 Å². The summed E-state index contributed by atoms with van der Waals surface area (Å²) >= 11 is 0. The molecule has 4 nitrogen and oxygen atoms in total. The lowest BCUT2D eigenvalue weighted by Gasteiger charge is -2.12. The molecule has 6 heteroatoms. The van der Waals surface area contributed by atoms with Crippen molar-refractivity contribution in [2.75, 3.05) is 6.54 Å². The Bertz CT molecular complexity index is 568. The lowest BCUT2D eigenvalue weighted by molar-refractivity contribution is 0.278. The van der Waals surface area contributed by atoms with Gasteiger partial charge in [0.05, 0.1) is 11.5 Å². The van der Waals surface area contributed by atoms with Crippen molar-refractivity contribution in [2.45, 2.75) is 50.0 Å². The van der Waals surface area contributed by atoms with Crippen LogP contribution in [0.15, 0.2) is 23.1 Å². The maximum Gasteiger partial charge on any atom is 0.241 e. The second-order valence-electron chi connectivity index (χ2n) is 5.60. The molecule has 0 atom stereocenters. The standard InChI is InChI=1S/C15H22FNO3S/c16-14-8-7-13(11-18)15(10-14)21(19,20)17-9-3-6-12-4-1-2-5-12/h7-8,10,12,17-18H,1-6,9,11H2. The number of nitrogens with one attached hydrogen (secondary N) is 1. The maximum absolute atomic E-state index is 13.2. The first kappa shape index (κ1) is 16.4. The summed E-state index contributed by atoms with van der Waals surface area (Å²) in [7, 11) is -3.77. The molecule has 2 rings (SSSR count). The van der Waals surface area contributed by atoms with Gasteiger partial charge in [-0.15, -0.1) is 0 Å². The van der Waals surface area contributed by atoms with Crippen LogP contribution in [0.25, 0.3) is 0 Å². The quantitative estimate of drug-likeness (QED) is 0.760. The molecule has 0 saturated heterocycles. The molecule has 118 valence electrons. The van der Waals surface area contributed by atoms with Gasteiger partial charge in [-0.1, -0.05) is 31.7 Å². The molecule has 2 N–H and O–H groups in total. The molecule has 0 amide bonds. The minimum Gasteiger partial charge on any atom is -0.392 e. The third-order valence-electron chi connectivity index (χ3n) is 4.05. The smallest absolute Gasteiger partial charge is 0.241 e. The molecule has 0 heterocycles. The monoisotopic (exact) mass is 315 g/mol. The number of aliphatic hydroxyl groups is 1. The molecule has 0 bridgehead atoms. The zero-order chi connectivity index (χ0) is 15.3. The minimum atomic E-state index is -3.77. The fourth-order valence-electron chi connectivity index (χ4n) is 2.88. The lowest BCUT2D eigenvalue weighted by Crippen LogP contribution is -2.26. The van der Waals surface area contributed by atoms with Crippen LogP contribution in [-0.4, -0.2) is 20.1 Å². The number of sulfonamides is 1. The number of hydrogen-bond acceptors (Lipinski definition) is 3. The van der Waals surface area contributed by atoms with Crippen molar-refractivity contribution in [1.82, 2.24) is 4.72 Å². The predicted molar refractivity (Wildman–Crippen MR) is 78.7 cm³/mol. The summed E-state index contributed by atoms with van der Waals surface area (Å²) in [5.41, 5.74) is 0.208. The summed E-state index contributed by atoms with van der Waals surface area (Å²) in [6, 6.07) is 3.39. The highest BCUT2D eigenvalue weighted by Crippen LogP contribution is 2.28. The van der Waals surface area contributed by atoms with E-state index in [2.05, 4.69) is 4.72 Å². The molecule has 0 radical (unpaired) electrons. The fourth-order valence-corrected chi connectivity index (χ4v) is 4.20. The van der Waals surface area contributed by atoms with E-state index >= 15 is 0 Å². The Morgan fingerprint density at radius 3 is 2.67 bits per heavy atom. The van der Waals surface area contributed by atoms with Gasteiger partial charge >= 0.3 is 0 Å². The van der Waals surface area contributed by atoms with E-state index in [0.29, 0.717) is 6.54 Å². The van der Waals surface area contributed by atoms with Crippen molar-refractivity contribution in [2.24, 2.45) is 5.92 Å². The van der Waals surface area contributed by atoms with E-state index in [9.17, 15) is 17.9 Å². The van der Waals surface area contributed by atoms with Gasteiger partial charge in [0.1, 0.15) is 5.82 Å². The summed E-state index contributed by atoms with van der Waals surface area (Å²) in [5.74, 6) is 0.0928. The summed E-state index contributed by atoms with van der Waals surface area (Å²) in [6.45, 7) is -0.0845. The third kappa shape index (κ3) is 4.49. The van der Waals surface area contributed by atoms with Crippen LogP contribution in [0.1, 0.15) is 44.1 Å². The molecule has 0 aromatic heterocycles. The molecule has 0 unspecified atom stereocenters. The summed E-state index contributed by atoms with van der Waals surface area (Å²) in [6.07, 6.45) is 6.85. The lowest BCUT2D eigenvalue weighted by atomic mass is 10.0. The molecular formula is C15H22FNO3S. The Labute approximate surface area is 125 Å².